The molecule has 0 aliphatic carbocycles. The Morgan fingerprint density at radius 2 is 1.83 bits per heavy atom. The average molecular weight is 591 g/mol. The number of rotatable bonds is 5. The largest absolute Gasteiger partial charge is 0.377 e. The van der Waals surface area contributed by atoms with Crippen molar-refractivity contribution >= 4 is 17.2 Å². The van der Waals surface area contributed by atoms with E-state index in [0.717, 1.165) is 52.0 Å². The number of carbonyl (C=O) groups is 1. The van der Waals surface area contributed by atoms with E-state index in [0.29, 0.717) is 15.3 Å². The number of benzene rings is 2. The van der Waals surface area contributed by atoms with Gasteiger partial charge in [0.15, 0.2) is 11.4 Å². The Labute approximate surface area is 239 Å². The lowest BCUT2D eigenvalue weighted by atomic mass is 9.80. The van der Waals surface area contributed by atoms with Crippen LogP contribution in [0.5, 0.6) is 0 Å². The van der Waals surface area contributed by atoms with Crippen LogP contribution in [-0.2, 0) is 24.6 Å². The summed E-state index contributed by atoms with van der Waals surface area (Å²) in [4.78, 5) is 17.3. The van der Waals surface area contributed by atoms with Gasteiger partial charge in [0.05, 0.1) is 16.3 Å². The predicted molar refractivity (Wildman–Crippen MR) is 143 cm³/mol. The summed E-state index contributed by atoms with van der Waals surface area (Å²) >= 11 is 1.15. The second-order valence-electron chi connectivity index (χ2n) is 9.44. The molecular formula is C29H18F4N6O2S. The van der Waals surface area contributed by atoms with Gasteiger partial charge in [-0.3, -0.25) is 9.78 Å². The maximum absolute atomic E-state index is 15.9. The van der Waals surface area contributed by atoms with Crippen molar-refractivity contribution in [3.63, 3.8) is 0 Å². The van der Waals surface area contributed by atoms with Crippen LogP contribution in [0.1, 0.15) is 36.9 Å². The number of thiophene rings is 1. The van der Waals surface area contributed by atoms with Crippen molar-refractivity contribution in [3.8, 4) is 23.2 Å². The molecule has 4 heterocycles. The fourth-order valence-corrected chi connectivity index (χ4v) is 5.31. The molecular weight excluding hydrogens is 572 g/mol. The Kier molecular flexibility index (Phi) is 6.80. The molecule has 1 aliphatic heterocycles. The highest BCUT2D eigenvalue weighted by molar-refractivity contribution is 7.14. The molecule has 0 radical (unpaired) electrons. The zero-order valence-electron chi connectivity index (χ0n) is 21.4. The number of halogens is 4. The van der Waals surface area contributed by atoms with Gasteiger partial charge in [-0.2, -0.15) is 8.78 Å². The van der Waals surface area contributed by atoms with Gasteiger partial charge in [0.1, 0.15) is 17.3 Å². The van der Waals surface area contributed by atoms with E-state index in [9.17, 15) is 18.7 Å². The van der Waals surface area contributed by atoms with Gasteiger partial charge in [-0.1, -0.05) is 30.0 Å². The number of pyridine rings is 1. The molecule has 0 saturated heterocycles. The zero-order chi connectivity index (χ0) is 29.5. The number of tetrazole rings is 1. The molecule has 1 aliphatic rings. The summed E-state index contributed by atoms with van der Waals surface area (Å²) in [7, 11) is 0. The summed E-state index contributed by atoms with van der Waals surface area (Å²) in [5, 5.41) is 25.0. The molecule has 5 aromatic rings. The lowest BCUT2D eigenvalue weighted by Crippen LogP contribution is -2.49. The van der Waals surface area contributed by atoms with Crippen LogP contribution in [0.2, 0.25) is 0 Å². The first-order chi connectivity index (χ1) is 20.1. The maximum atomic E-state index is 15.9. The minimum atomic E-state index is -3.92. The van der Waals surface area contributed by atoms with Crippen LogP contribution in [0.15, 0.2) is 72.9 Å². The van der Waals surface area contributed by atoms with Crippen LogP contribution in [0.4, 0.5) is 17.6 Å². The highest BCUT2D eigenvalue weighted by atomic mass is 32.1. The summed E-state index contributed by atoms with van der Waals surface area (Å²) in [6.45, 7) is -0.447. The molecule has 1 amide bonds. The quantitative estimate of drug-likeness (QED) is 0.232. The monoisotopic (exact) mass is 590 g/mol. The van der Waals surface area contributed by atoms with Crippen LogP contribution < -0.4 is 5.32 Å². The van der Waals surface area contributed by atoms with Crippen molar-refractivity contribution in [1.82, 2.24) is 30.5 Å². The number of aliphatic hydroxyl groups is 1. The number of amides is 1. The Morgan fingerprint density at radius 3 is 2.60 bits per heavy atom. The number of alkyl halides is 2. The Bertz CT molecular complexity index is 1860. The Hall–Kier alpha value is -4.93. The predicted octanol–water partition coefficient (Wildman–Crippen LogP) is 4.40. The molecule has 42 heavy (non-hydrogen) atoms. The molecule has 2 aromatic carbocycles. The van der Waals surface area contributed by atoms with Gasteiger partial charge in [-0.05, 0) is 64.5 Å². The molecule has 0 saturated carbocycles. The van der Waals surface area contributed by atoms with E-state index in [4.69, 9.17) is 0 Å². The Balaban J connectivity index is 1.18. The number of hydrogen-bond acceptors (Lipinski definition) is 7. The van der Waals surface area contributed by atoms with E-state index in [1.165, 1.54) is 18.2 Å². The van der Waals surface area contributed by atoms with Crippen molar-refractivity contribution in [2.45, 2.75) is 24.6 Å². The molecule has 0 fully saturated rings. The summed E-state index contributed by atoms with van der Waals surface area (Å²) in [5.41, 5.74) is -2.74. The van der Waals surface area contributed by atoms with Crippen molar-refractivity contribution in [2.75, 3.05) is 0 Å². The van der Waals surface area contributed by atoms with Gasteiger partial charge in [-0.15, -0.1) is 16.4 Å². The first-order valence-electron chi connectivity index (χ1n) is 12.4. The number of aromatic nitrogens is 5. The number of hydrogen-bond donors (Lipinski definition) is 2. The number of carbonyl (C=O) groups excluding carboxylic acids is 1. The molecule has 8 nitrogen and oxygen atoms in total. The van der Waals surface area contributed by atoms with Gasteiger partial charge in [-0.25, -0.2) is 13.5 Å². The van der Waals surface area contributed by atoms with E-state index in [2.05, 4.69) is 37.7 Å². The molecule has 1 atom stereocenters. The van der Waals surface area contributed by atoms with Gasteiger partial charge in [0.2, 0.25) is 0 Å². The summed E-state index contributed by atoms with van der Waals surface area (Å²) < 4.78 is 59.7. The smallest absolute Gasteiger partial charge is 0.323 e. The first kappa shape index (κ1) is 27.3. The van der Waals surface area contributed by atoms with E-state index < -0.39 is 29.6 Å². The number of nitrogens with one attached hydrogen (secondary N) is 1. The summed E-state index contributed by atoms with van der Waals surface area (Å²) in [6.07, 6.45) is 1.15. The summed E-state index contributed by atoms with van der Waals surface area (Å²) in [5.74, 6) is 0.479. The highest BCUT2D eigenvalue weighted by Crippen LogP contribution is 2.50. The van der Waals surface area contributed by atoms with Crippen molar-refractivity contribution in [1.29, 1.82) is 0 Å². The highest BCUT2D eigenvalue weighted by Gasteiger charge is 2.59. The van der Waals surface area contributed by atoms with Crippen LogP contribution >= 0.6 is 11.3 Å². The third kappa shape index (κ3) is 4.91. The first-order valence-corrected chi connectivity index (χ1v) is 13.2. The van der Waals surface area contributed by atoms with Gasteiger partial charge in [0, 0.05) is 29.4 Å². The standard InChI is InChI=1S/C29H18F4N6O2S/c30-19-5-1-17(2-6-19)15-35-27(40)24-11-9-21(42-24)8-3-18-4-12-25(34-14-18)29(32,33)28(41)16-39-26(36-37-38-39)22-13-20(31)7-10-23(22)28/h1-2,4-7,9-14,41H,15-16H2,(H,35,40). The number of nitrogens with zero attached hydrogens (tertiary/aromatic N) is 5. The normalized spacial score (nSPS) is 15.7. The molecule has 1 unspecified atom stereocenters. The summed E-state index contributed by atoms with van der Waals surface area (Å²) in [6, 6.07) is 14.5. The SMILES string of the molecule is O=C(NCc1ccc(F)cc1)c1ccc(C#Cc2ccc(C(F)(F)C3(O)Cn4nnnc4-c4cc(F)ccc43)nc2)s1. The lowest BCUT2D eigenvalue weighted by Gasteiger charge is -2.39. The molecule has 0 bridgehead atoms. The fraction of sp³-hybridized carbons (Fsp3) is 0.138. The van der Waals surface area contributed by atoms with E-state index in [1.807, 2.05) is 0 Å². The van der Waals surface area contributed by atoms with Crippen molar-refractivity contribution < 1.29 is 27.5 Å². The van der Waals surface area contributed by atoms with E-state index in [1.54, 1.807) is 24.3 Å². The second kappa shape index (κ2) is 10.5. The fourth-order valence-electron chi connectivity index (χ4n) is 4.53. The molecule has 0 spiro atoms. The number of fused-ring (bicyclic) bond motifs is 3. The minimum Gasteiger partial charge on any atom is -0.377 e. The van der Waals surface area contributed by atoms with Crippen LogP contribution in [0.25, 0.3) is 11.4 Å². The zero-order valence-corrected chi connectivity index (χ0v) is 22.2. The van der Waals surface area contributed by atoms with Gasteiger partial charge >= 0.3 is 5.92 Å². The average Bonchev–Trinajstić information content (AvgIpc) is 3.66. The maximum Gasteiger partial charge on any atom is 0.323 e. The molecule has 210 valence electrons. The molecule has 6 rings (SSSR count). The third-order valence-electron chi connectivity index (χ3n) is 6.71. The second-order valence-corrected chi connectivity index (χ2v) is 10.5. The lowest BCUT2D eigenvalue weighted by molar-refractivity contribution is -0.207. The van der Waals surface area contributed by atoms with Gasteiger partial charge < -0.3 is 10.4 Å². The molecule has 3 aromatic heterocycles. The van der Waals surface area contributed by atoms with Crippen LogP contribution in [0, 0.1) is 23.5 Å². The van der Waals surface area contributed by atoms with E-state index >= 15 is 8.78 Å². The minimum absolute atomic E-state index is 0.0460. The van der Waals surface area contributed by atoms with Gasteiger partial charge in [0.25, 0.3) is 5.91 Å². The van der Waals surface area contributed by atoms with Crippen molar-refractivity contribution in [3.05, 3.63) is 117 Å². The molecule has 2 N–H and O–H groups in total. The van der Waals surface area contributed by atoms with Crippen molar-refractivity contribution in [2.24, 2.45) is 0 Å². The van der Waals surface area contributed by atoms with Crippen LogP contribution in [0.3, 0.4) is 0 Å². The third-order valence-corrected chi connectivity index (χ3v) is 7.71. The van der Waals surface area contributed by atoms with Crippen LogP contribution in [-0.4, -0.2) is 36.2 Å². The Morgan fingerprint density at radius 1 is 1.05 bits per heavy atom. The molecule has 13 heteroatoms. The topological polar surface area (TPSA) is 106 Å². The van der Waals surface area contributed by atoms with E-state index in [-0.39, 0.29) is 35.2 Å².